The van der Waals surface area contributed by atoms with E-state index in [1.807, 2.05) is 18.2 Å². The third-order valence-corrected chi connectivity index (χ3v) is 6.69. The van der Waals surface area contributed by atoms with Gasteiger partial charge in [0, 0.05) is 24.8 Å². The first-order valence-electron chi connectivity index (χ1n) is 10.7. The first kappa shape index (κ1) is 19.6. The van der Waals surface area contributed by atoms with Crippen molar-refractivity contribution in [2.45, 2.75) is 57.2 Å². The van der Waals surface area contributed by atoms with Crippen molar-refractivity contribution in [3.05, 3.63) is 30.1 Å². The Labute approximate surface area is 179 Å². The van der Waals surface area contributed by atoms with Crippen LogP contribution in [0.5, 0.6) is 0 Å². The monoisotopic (exact) mass is 425 g/mol. The van der Waals surface area contributed by atoms with Crippen molar-refractivity contribution in [3.63, 3.8) is 0 Å². The van der Waals surface area contributed by atoms with Crippen molar-refractivity contribution in [2.75, 3.05) is 23.7 Å². The van der Waals surface area contributed by atoms with Gasteiger partial charge >= 0.3 is 0 Å². The van der Waals surface area contributed by atoms with E-state index in [1.165, 1.54) is 24.2 Å². The number of anilines is 3. The van der Waals surface area contributed by atoms with E-state index >= 15 is 0 Å². The molecule has 0 aromatic carbocycles. The highest BCUT2D eigenvalue weighted by molar-refractivity contribution is 7.21. The van der Waals surface area contributed by atoms with Gasteiger partial charge < -0.3 is 15.7 Å². The Hall–Kier alpha value is -2.36. The molecule has 2 fully saturated rings. The number of fused-ring (bicyclic) bond motifs is 1. The Morgan fingerprint density at radius 2 is 1.93 bits per heavy atom. The van der Waals surface area contributed by atoms with Gasteiger partial charge in [0.25, 0.3) is 0 Å². The molecule has 30 heavy (non-hydrogen) atoms. The number of nitrogens with one attached hydrogen (secondary N) is 2. The highest BCUT2D eigenvalue weighted by Gasteiger charge is 2.21. The van der Waals surface area contributed by atoms with E-state index in [0.717, 1.165) is 72.3 Å². The molecule has 5 rings (SSSR count). The van der Waals surface area contributed by atoms with E-state index in [0.29, 0.717) is 12.0 Å². The minimum absolute atomic E-state index is 0.171. The Kier molecular flexibility index (Phi) is 5.74. The summed E-state index contributed by atoms with van der Waals surface area (Å²) in [4.78, 5) is 21.9. The van der Waals surface area contributed by atoms with E-state index in [9.17, 15) is 5.11 Å². The topological polar surface area (TPSA) is 99.1 Å². The van der Waals surface area contributed by atoms with Crippen molar-refractivity contribution in [2.24, 2.45) is 0 Å². The number of nitrogens with zero attached hydrogens (tertiary/aromatic N) is 5. The minimum atomic E-state index is -0.171. The summed E-state index contributed by atoms with van der Waals surface area (Å²) >= 11 is 1.52. The summed E-state index contributed by atoms with van der Waals surface area (Å²) in [6, 6.07) is 6.18. The molecule has 3 aromatic rings. The van der Waals surface area contributed by atoms with Gasteiger partial charge in [0.2, 0.25) is 5.95 Å². The van der Waals surface area contributed by atoms with Crippen LogP contribution in [0, 0.1) is 0 Å². The molecule has 0 radical (unpaired) electrons. The normalized spacial score (nSPS) is 22.4. The Balaban J connectivity index is 1.38. The zero-order chi connectivity index (χ0) is 20.3. The molecule has 3 aromatic heterocycles. The van der Waals surface area contributed by atoms with Crippen LogP contribution in [-0.4, -0.2) is 55.2 Å². The summed E-state index contributed by atoms with van der Waals surface area (Å²) in [6.07, 6.45) is 7.65. The fourth-order valence-electron chi connectivity index (χ4n) is 4.21. The predicted octanol–water partition coefficient (Wildman–Crippen LogP) is 3.54. The van der Waals surface area contributed by atoms with Crippen LogP contribution in [-0.2, 0) is 6.54 Å². The van der Waals surface area contributed by atoms with Crippen LogP contribution in [0.25, 0.3) is 10.3 Å². The molecule has 0 bridgehead atoms. The van der Waals surface area contributed by atoms with Crippen molar-refractivity contribution in [3.8, 4) is 0 Å². The highest BCUT2D eigenvalue weighted by Crippen LogP contribution is 2.27. The zero-order valence-electron chi connectivity index (χ0n) is 16.9. The first-order valence-corrected chi connectivity index (χ1v) is 11.6. The Morgan fingerprint density at radius 1 is 1.10 bits per heavy atom. The Morgan fingerprint density at radius 3 is 2.73 bits per heavy atom. The molecule has 1 aliphatic carbocycles. The molecule has 9 heteroatoms. The SMILES string of the molecule is O[C@H]1CC[C@H](Nc2nc(CN3CCCC3)cc(Nc3nc4cccnc4s3)n2)CC1. The maximum absolute atomic E-state index is 9.78. The fourth-order valence-corrected chi connectivity index (χ4v) is 5.03. The molecule has 0 atom stereocenters. The van der Waals surface area contributed by atoms with Gasteiger partial charge in [0.15, 0.2) is 5.13 Å². The molecule has 1 saturated carbocycles. The maximum Gasteiger partial charge on any atom is 0.225 e. The van der Waals surface area contributed by atoms with Gasteiger partial charge in [-0.15, -0.1) is 0 Å². The predicted molar refractivity (Wildman–Crippen MR) is 119 cm³/mol. The second-order valence-corrected chi connectivity index (χ2v) is 9.15. The summed E-state index contributed by atoms with van der Waals surface area (Å²) in [5, 5.41) is 17.4. The third kappa shape index (κ3) is 4.69. The third-order valence-electron chi connectivity index (χ3n) is 5.79. The number of aromatic nitrogens is 4. The highest BCUT2D eigenvalue weighted by atomic mass is 32.1. The van der Waals surface area contributed by atoms with Crippen LogP contribution in [0.4, 0.5) is 16.9 Å². The summed E-state index contributed by atoms with van der Waals surface area (Å²) in [7, 11) is 0. The van der Waals surface area contributed by atoms with Gasteiger partial charge in [-0.1, -0.05) is 11.3 Å². The minimum Gasteiger partial charge on any atom is -0.393 e. The van der Waals surface area contributed by atoms with Crippen LogP contribution in [0.15, 0.2) is 24.4 Å². The van der Waals surface area contributed by atoms with Gasteiger partial charge in [-0.25, -0.2) is 15.0 Å². The number of rotatable bonds is 6. The number of pyridine rings is 1. The lowest BCUT2D eigenvalue weighted by atomic mass is 9.93. The molecule has 0 unspecified atom stereocenters. The summed E-state index contributed by atoms with van der Waals surface area (Å²) < 4.78 is 0. The number of likely N-dealkylation sites (tertiary alicyclic amines) is 1. The van der Waals surface area contributed by atoms with Gasteiger partial charge in [0.05, 0.1) is 11.8 Å². The molecular formula is C21H27N7OS. The molecule has 4 heterocycles. The molecule has 1 saturated heterocycles. The first-order chi connectivity index (χ1) is 14.7. The molecule has 2 aliphatic rings. The lowest BCUT2D eigenvalue weighted by Gasteiger charge is -2.26. The molecule has 158 valence electrons. The van der Waals surface area contributed by atoms with Crippen molar-refractivity contribution >= 4 is 38.6 Å². The number of aliphatic hydroxyl groups is 1. The molecule has 0 spiro atoms. The van der Waals surface area contributed by atoms with Crippen LogP contribution in [0.1, 0.15) is 44.2 Å². The molecular weight excluding hydrogens is 398 g/mol. The fraction of sp³-hybridized carbons (Fsp3) is 0.524. The standard InChI is InChI=1S/C21H27N7OS/c29-16-7-5-14(6-8-16)23-20-24-15(13-28-10-1-2-11-28)12-18(26-20)27-21-25-17-4-3-9-22-19(17)30-21/h3-4,9,12,14,16,29H,1-2,5-8,10-11,13H2,(H2,23,24,25,26,27)/t14-,16-. The number of hydrogen-bond donors (Lipinski definition) is 3. The van der Waals surface area contributed by atoms with Gasteiger partial charge in [-0.3, -0.25) is 4.90 Å². The average molecular weight is 426 g/mol. The number of thiazole rings is 1. The van der Waals surface area contributed by atoms with Gasteiger partial charge in [0.1, 0.15) is 16.2 Å². The van der Waals surface area contributed by atoms with E-state index in [4.69, 9.17) is 9.97 Å². The van der Waals surface area contributed by atoms with Gasteiger partial charge in [-0.2, -0.15) is 4.98 Å². The second-order valence-electron chi connectivity index (χ2n) is 8.17. The molecule has 0 amide bonds. The summed E-state index contributed by atoms with van der Waals surface area (Å²) in [5.41, 5.74) is 1.89. The Bertz CT molecular complexity index is 963. The van der Waals surface area contributed by atoms with Crippen molar-refractivity contribution < 1.29 is 5.11 Å². The van der Waals surface area contributed by atoms with E-state index in [1.54, 1.807) is 6.20 Å². The molecule has 8 nitrogen and oxygen atoms in total. The lowest BCUT2D eigenvalue weighted by Crippen LogP contribution is -2.29. The van der Waals surface area contributed by atoms with Gasteiger partial charge in [-0.05, 0) is 63.7 Å². The molecule has 1 aliphatic heterocycles. The van der Waals surface area contributed by atoms with Crippen LogP contribution in [0.3, 0.4) is 0 Å². The quantitative estimate of drug-likeness (QED) is 0.552. The zero-order valence-corrected chi connectivity index (χ0v) is 17.7. The summed E-state index contributed by atoms with van der Waals surface area (Å²) in [5.74, 6) is 1.39. The van der Waals surface area contributed by atoms with Crippen molar-refractivity contribution in [1.82, 2.24) is 24.8 Å². The van der Waals surface area contributed by atoms with E-state index < -0.39 is 0 Å². The smallest absolute Gasteiger partial charge is 0.225 e. The van der Waals surface area contributed by atoms with E-state index in [-0.39, 0.29) is 6.10 Å². The molecule has 3 N–H and O–H groups in total. The number of aliphatic hydroxyl groups excluding tert-OH is 1. The average Bonchev–Trinajstić information content (AvgIpc) is 3.38. The summed E-state index contributed by atoms with van der Waals surface area (Å²) in [6.45, 7) is 3.08. The van der Waals surface area contributed by atoms with E-state index in [2.05, 4.69) is 25.5 Å². The largest absolute Gasteiger partial charge is 0.393 e. The lowest BCUT2D eigenvalue weighted by molar-refractivity contribution is 0.126. The second kappa shape index (κ2) is 8.79. The van der Waals surface area contributed by atoms with Crippen LogP contribution < -0.4 is 10.6 Å². The maximum atomic E-state index is 9.78. The van der Waals surface area contributed by atoms with Crippen LogP contribution >= 0.6 is 11.3 Å². The van der Waals surface area contributed by atoms with Crippen LogP contribution in [0.2, 0.25) is 0 Å². The van der Waals surface area contributed by atoms with Crippen molar-refractivity contribution in [1.29, 1.82) is 0 Å². The number of hydrogen-bond acceptors (Lipinski definition) is 9.